The van der Waals surface area contributed by atoms with Crippen molar-refractivity contribution in [3.05, 3.63) is 66.3 Å². The lowest BCUT2D eigenvalue weighted by molar-refractivity contribution is -0.117. The average Bonchev–Trinajstić information content (AvgIpc) is 3.89. The van der Waals surface area contributed by atoms with Gasteiger partial charge in [0, 0.05) is 39.5 Å². The second-order valence-corrected chi connectivity index (χ2v) is 14.8. The molecule has 0 aliphatic carbocycles. The summed E-state index contributed by atoms with van der Waals surface area (Å²) in [5.74, 6) is 4.03. The lowest BCUT2D eigenvalue weighted by Crippen LogP contribution is -2.11. The minimum absolute atomic E-state index is 0.00469. The first kappa shape index (κ1) is 37.6. The fraction of sp³-hybridized carbons (Fsp3) is 0.324. The van der Waals surface area contributed by atoms with Gasteiger partial charge in [0.25, 0.3) is 0 Å². The van der Waals surface area contributed by atoms with Crippen LogP contribution in [0.3, 0.4) is 0 Å². The van der Waals surface area contributed by atoms with Crippen LogP contribution in [0.1, 0.15) is 49.5 Å². The Bertz CT molecular complexity index is 2430. The Morgan fingerprint density at radius 2 is 1.19 bits per heavy atom. The highest BCUT2D eigenvalue weighted by Gasteiger charge is 2.23. The second kappa shape index (κ2) is 15.6. The van der Waals surface area contributed by atoms with Crippen molar-refractivity contribution in [1.29, 1.82) is 0 Å². The molecule has 20 heteroatoms. The Hall–Kier alpha value is -4.71. The first-order chi connectivity index (χ1) is 25.8. The summed E-state index contributed by atoms with van der Waals surface area (Å²) in [6, 6.07) is 7.62. The predicted octanol–water partition coefficient (Wildman–Crippen LogP) is 4.69. The number of Topliss-reactive ketones (excluding diaryl/α,β-unsaturated/α-hetero) is 1. The van der Waals surface area contributed by atoms with Crippen LogP contribution in [0.4, 0.5) is 20.4 Å². The quantitative estimate of drug-likeness (QED) is 0.126. The maximum Gasteiger partial charge on any atom is 0.312 e. The average molecular weight is 968 g/mol. The van der Waals surface area contributed by atoms with Crippen LogP contribution >= 0.6 is 45.2 Å². The lowest BCUT2D eigenvalue weighted by Gasteiger charge is -2.11. The molecule has 6 aromatic rings. The van der Waals surface area contributed by atoms with Gasteiger partial charge in [0.05, 0.1) is 6.10 Å². The van der Waals surface area contributed by atoms with E-state index in [-0.39, 0.29) is 43.1 Å². The summed E-state index contributed by atoms with van der Waals surface area (Å²) in [6.07, 6.45) is -0.679. The van der Waals surface area contributed by atoms with Crippen molar-refractivity contribution < 1.29 is 37.6 Å². The number of nitrogens with zero attached hydrogens (tertiary/aromatic N) is 8. The zero-order valence-corrected chi connectivity index (χ0v) is 33.1. The van der Waals surface area contributed by atoms with Crippen LogP contribution in [0.25, 0.3) is 22.3 Å². The number of aliphatic hydroxyl groups excluding tert-OH is 1. The molecule has 0 fully saturated rings. The zero-order valence-electron chi connectivity index (χ0n) is 28.8. The SMILES string of the molecule is CC(=O)CCn1c(Cc2cc3c(cc2I)OCO3)nc2c(N)nc(F)nc21.CC(O)CCn1c(Cc2cc3c(cc2I)OCO3)nc2c(N)nc(F)nc21. The number of aromatic nitrogens is 8. The number of ether oxygens (including phenoxy) is 4. The van der Waals surface area contributed by atoms with Gasteiger partial charge < -0.3 is 44.7 Å². The number of halogens is 4. The normalized spacial score (nSPS) is 13.4. The van der Waals surface area contributed by atoms with E-state index in [1.807, 2.05) is 24.3 Å². The summed E-state index contributed by atoms with van der Waals surface area (Å²) in [6.45, 7) is 4.36. The highest BCUT2D eigenvalue weighted by molar-refractivity contribution is 14.1. The summed E-state index contributed by atoms with van der Waals surface area (Å²) < 4.78 is 54.6. The van der Waals surface area contributed by atoms with E-state index in [0.29, 0.717) is 83.7 Å². The van der Waals surface area contributed by atoms with Gasteiger partial charge >= 0.3 is 12.2 Å². The number of fused-ring (bicyclic) bond motifs is 4. The number of hydrogen-bond acceptors (Lipinski definition) is 14. The Balaban J connectivity index is 0.000000167. The van der Waals surface area contributed by atoms with Gasteiger partial charge in [0.15, 0.2) is 57.0 Å². The van der Waals surface area contributed by atoms with Crippen LogP contribution in [-0.2, 0) is 30.7 Å². The highest BCUT2D eigenvalue weighted by Crippen LogP contribution is 2.38. The smallest absolute Gasteiger partial charge is 0.312 e. The Morgan fingerprint density at radius 3 is 1.61 bits per heavy atom. The molecule has 0 spiro atoms. The van der Waals surface area contributed by atoms with Crippen LogP contribution < -0.4 is 30.4 Å². The Morgan fingerprint density at radius 1 is 0.759 bits per heavy atom. The molecule has 4 aromatic heterocycles. The molecule has 0 saturated heterocycles. The van der Waals surface area contributed by atoms with Crippen LogP contribution in [-0.4, -0.2) is 69.6 Å². The van der Waals surface area contributed by atoms with Gasteiger partial charge in [0.1, 0.15) is 17.4 Å². The van der Waals surface area contributed by atoms with Gasteiger partial charge in [0.2, 0.25) is 13.6 Å². The third-order valence-electron chi connectivity index (χ3n) is 8.59. The summed E-state index contributed by atoms with van der Waals surface area (Å²) in [4.78, 5) is 35.4. The number of anilines is 2. The maximum absolute atomic E-state index is 13.7. The number of benzene rings is 2. The van der Waals surface area contributed by atoms with Gasteiger partial charge in [-0.1, -0.05) is 0 Å². The Kier molecular flexibility index (Phi) is 10.8. The van der Waals surface area contributed by atoms with Crippen LogP contribution in [0.15, 0.2) is 24.3 Å². The van der Waals surface area contributed by atoms with E-state index < -0.39 is 18.3 Å². The highest BCUT2D eigenvalue weighted by atomic mass is 127. The molecule has 282 valence electrons. The molecule has 0 bridgehead atoms. The molecule has 16 nitrogen and oxygen atoms in total. The Labute approximate surface area is 332 Å². The number of hydrogen-bond donors (Lipinski definition) is 3. The summed E-state index contributed by atoms with van der Waals surface area (Å²) in [7, 11) is 0. The van der Waals surface area contributed by atoms with Gasteiger partial charge in [-0.15, -0.1) is 0 Å². The predicted molar refractivity (Wildman–Crippen MR) is 207 cm³/mol. The largest absolute Gasteiger partial charge is 0.454 e. The van der Waals surface area contributed by atoms with Crippen molar-refractivity contribution in [3.63, 3.8) is 0 Å². The van der Waals surface area contributed by atoms with E-state index in [2.05, 4.69) is 75.1 Å². The van der Waals surface area contributed by atoms with E-state index in [9.17, 15) is 18.7 Å². The molecule has 1 atom stereocenters. The minimum Gasteiger partial charge on any atom is -0.454 e. The molecule has 0 radical (unpaired) electrons. The van der Waals surface area contributed by atoms with Crippen LogP contribution in [0.2, 0.25) is 0 Å². The third kappa shape index (κ3) is 7.90. The minimum atomic E-state index is -0.923. The molecular weight excluding hydrogens is 936 g/mol. The van der Waals surface area contributed by atoms with Gasteiger partial charge in [-0.2, -0.15) is 28.7 Å². The van der Waals surface area contributed by atoms with E-state index in [0.717, 1.165) is 18.3 Å². The molecule has 0 saturated carbocycles. The van der Waals surface area contributed by atoms with Crippen LogP contribution in [0.5, 0.6) is 23.0 Å². The fourth-order valence-electron chi connectivity index (χ4n) is 5.93. The van der Waals surface area contributed by atoms with Crippen molar-refractivity contribution in [1.82, 2.24) is 39.0 Å². The fourth-order valence-corrected chi connectivity index (χ4v) is 7.19. The molecule has 2 aliphatic rings. The number of aryl methyl sites for hydroxylation is 2. The van der Waals surface area contributed by atoms with E-state index in [1.54, 1.807) is 16.1 Å². The molecule has 1 unspecified atom stereocenters. The van der Waals surface area contributed by atoms with Crippen molar-refractivity contribution >= 4 is 84.9 Å². The molecular formula is C34H32F2I2N10O6. The third-order valence-corrected chi connectivity index (χ3v) is 10.6. The second-order valence-electron chi connectivity index (χ2n) is 12.5. The number of carbonyl (C=O) groups excluding carboxylic acids is 1. The first-order valence-corrected chi connectivity index (χ1v) is 18.7. The summed E-state index contributed by atoms with van der Waals surface area (Å²) in [5, 5.41) is 9.67. The van der Waals surface area contributed by atoms with E-state index in [1.165, 1.54) is 6.92 Å². The number of nitrogens with two attached hydrogens (primary N) is 2. The van der Waals surface area contributed by atoms with Crippen molar-refractivity contribution in [3.8, 4) is 23.0 Å². The lowest BCUT2D eigenvalue weighted by atomic mass is 10.1. The van der Waals surface area contributed by atoms with Crippen molar-refractivity contribution in [2.45, 2.75) is 58.7 Å². The molecule has 5 N–H and O–H groups in total. The zero-order chi connectivity index (χ0) is 38.3. The monoisotopic (exact) mass is 968 g/mol. The van der Waals surface area contributed by atoms with Gasteiger partial charge in [-0.05, 0) is 101 Å². The van der Waals surface area contributed by atoms with Crippen molar-refractivity contribution in [2.24, 2.45) is 0 Å². The first-order valence-electron chi connectivity index (χ1n) is 16.5. The molecule has 8 rings (SSSR count). The van der Waals surface area contributed by atoms with Crippen LogP contribution in [0, 0.1) is 19.3 Å². The number of rotatable bonds is 10. The molecule has 6 heterocycles. The van der Waals surface area contributed by atoms with E-state index >= 15 is 0 Å². The number of ketones is 1. The van der Waals surface area contributed by atoms with Crippen molar-refractivity contribution in [2.75, 3.05) is 25.1 Å². The number of carbonyl (C=O) groups is 1. The number of nitrogen functional groups attached to an aromatic ring is 2. The summed E-state index contributed by atoms with van der Waals surface area (Å²) >= 11 is 4.44. The van der Waals surface area contributed by atoms with Gasteiger partial charge in [-0.25, -0.2) is 9.97 Å². The standard InChI is InChI=1S/C17H17FIN5O3.C17H15FIN5O3/c2*1-8(25)2-3-24-13(21-14-15(20)22-17(18)23-16(14)24)5-9-4-11-12(6-10(9)19)27-7-26-11/h4,6,8,25H,2-3,5,7H2,1H3,(H2,20,22,23);4,6H,2-3,5,7H2,1H3,(H2,20,22,23). The topological polar surface area (TPSA) is 213 Å². The van der Waals surface area contributed by atoms with E-state index in [4.69, 9.17) is 30.4 Å². The molecule has 0 amide bonds. The molecule has 2 aliphatic heterocycles. The number of imidazole rings is 2. The molecule has 2 aromatic carbocycles. The maximum atomic E-state index is 13.7. The molecule has 54 heavy (non-hydrogen) atoms. The number of aliphatic hydroxyl groups is 1. The summed E-state index contributed by atoms with van der Waals surface area (Å²) in [5.41, 5.74) is 14.9. The van der Waals surface area contributed by atoms with Gasteiger partial charge in [-0.3, -0.25) is 4.79 Å².